The van der Waals surface area contributed by atoms with Gasteiger partial charge in [0.15, 0.2) is 0 Å². The highest BCUT2D eigenvalue weighted by Crippen LogP contribution is 2.15. The number of rotatable bonds is 4. The molecule has 0 nitrogen and oxygen atoms in total. The summed E-state index contributed by atoms with van der Waals surface area (Å²) >= 11 is 4.14. The van der Waals surface area contributed by atoms with E-state index in [1.807, 2.05) is 11.8 Å². The fraction of sp³-hybridized carbons (Fsp3) is 0.0667. The van der Waals surface area contributed by atoms with E-state index in [0.717, 1.165) is 5.75 Å². The first-order valence-corrected chi connectivity index (χ1v) is 7.55. The third-order valence-corrected chi connectivity index (χ3v) is 3.87. The third-order valence-electron chi connectivity index (χ3n) is 2.32. The zero-order chi connectivity index (χ0) is 11.9. The van der Waals surface area contributed by atoms with Crippen LogP contribution < -0.4 is 0 Å². The fourth-order valence-electron chi connectivity index (χ4n) is 1.42. The molecule has 0 N–H and O–H groups in total. The van der Waals surface area contributed by atoms with Gasteiger partial charge in [-0.15, -0.1) is 11.8 Å². The molecule has 0 aliphatic heterocycles. The van der Waals surface area contributed by atoms with Gasteiger partial charge in [0.1, 0.15) is 0 Å². The van der Waals surface area contributed by atoms with Crippen LogP contribution in [-0.2, 0) is 5.75 Å². The van der Waals surface area contributed by atoms with E-state index in [9.17, 15) is 0 Å². The topological polar surface area (TPSA) is 0 Å². The number of hydrogen-bond donors (Lipinski definition) is 0. The van der Waals surface area contributed by atoms with Gasteiger partial charge in [0.2, 0.25) is 0 Å². The Hall–Kier alpha value is -0.740. The monoisotopic (exact) mass is 352 g/mol. The summed E-state index contributed by atoms with van der Waals surface area (Å²) in [5.41, 5.74) is 2.62. The van der Waals surface area contributed by atoms with E-state index in [1.54, 1.807) is 0 Å². The quantitative estimate of drug-likeness (QED) is 0.682. The Balaban J connectivity index is 1.84. The average molecular weight is 352 g/mol. The summed E-state index contributed by atoms with van der Waals surface area (Å²) < 4.78 is 1.27. The zero-order valence-corrected chi connectivity index (χ0v) is 12.3. The SMILES string of the molecule is Ic1ccc(/C=C/SCc2ccccc2)cc1. The smallest absolute Gasteiger partial charge is 0.0226 e. The van der Waals surface area contributed by atoms with Gasteiger partial charge in [-0.3, -0.25) is 0 Å². The molecular weight excluding hydrogens is 339 g/mol. The largest absolute Gasteiger partial charge is 0.129 e. The Kier molecular flexibility index (Phi) is 5.13. The van der Waals surface area contributed by atoms with E-state index in [0.29, 0.717) is 0 Å². The van der Waals surface area contributed by atoms with E-state index in [2.05, 4.69) is 88.7 Å². The van der Waals surface area contributed by atoms with Crippen molar-refractivity contribution in [2.45, 2.75) is 5.75 Å². The Morgan fingerprint density at radius 3 is 2.35 bits per heavy atom. The van der Waals surface area contributed by atoms with E-state index in [1.165, 1.54) is 14.7 Å². The van der Waals surface area contributed by atoms with Gasteiger partial charge in [-0.25, -0.2) is 0 Å². The molecule has 0 aliphatic rings. The van der Waals surface area contributed by atoms with Crippen molar-refractivity contribution in [3.63, 3.8) is 0 Å². The van der Waals surface area contributed by atoms with Crippen molar-refractivity contribution < 1.29 is 0 Å². The highest BCUT2D eigenvalue weighted by molar-refractivity contribution is 14.1. The molecule has 0 saturated carbocycles. The van der Waals surface area contributed by atoms with Crippen LogP contribution in [0.2, 0.25) is 0 Å². The van der Waals surface area contributed by atoms with Gasteiger partial charge in [-0.2, -0.15) is 0 Å². The Morgan fingerprint density at radius 1 is 0.941 bits per heavy atom. The lowest BCUT2D eigenvalue weighted by molar-refractivity contribution is 1.42. The lowest BCUT2D eigenvalue weighted by Crippen LogP contribution is -1.76. The predicted octanol–water partition coefficient (Wildman–Crippen LogP) is 5.20. The van der Waals surface area contributed by atoms with Crippen LogP contribution in [0.4, 0.5) is 0 Å². The molecule has 0 bridgehead atoms. The normalized spacial score (nSPS) is 10.9. The molecule has 86 valence electrons. The highest BCUT2D eigenvalue weighted by Gasteiger charge is 1.90. The Morgan fingerprint density at radius 2 is 1.65 bits per heavy atom. The fourth-order valence-corrected chi connectivity index (χ4v) is 2.51. The summed E-state index contributed by atoms with van der Waals surface area (Å²) in [4.78, 5) is 0. The van der Waals surface area contributed by atoms with Crippen LogP contribution in [-0.4, -0.2) is 0 Å². The van der Waals surface area contributed by atoms with Crippen molar-refractivity contribution in [3.05, 3.63) is 74.7 Å². The molecule has 2 aromatic carbocycles. The second kappa shape index (κ2) is 6.87. The van der Waals surface area contributed by atoms with Crippen molar-refractivity contribution in [2.24, 2.45) is 0 Å². The van der Waals surface area contributed by atoms with Gasteiger partial charge in [-0.05, 0) is 57.3 Å². The van der Waals surface area contributed by atoms with E-state index < -0.39 is 0 Å². The van der Waals surface area contributed by atoms with Gasteiger partial charge in [0, 0.05) is 9.32 Å². The first-order valence-electron chi connectivity index (χ1n) is 5.42. The molecule has 2 aromatic rings. The van der Waals surface area contributed by atoms with Crippen LogP contribution in [0.5, 0.6) is 0 Å². The van der Waals surface area contributed by atoms with Crippen LogP contribution in [0.25, 0.3) is 6.08 Å². The summed E-state index contributed by atoms with van der Waals surface area (Å²) in [6.45, 7) is 0. The number of benzene rings is 2. The van der Waals surface area contributed by atoms with Crippen molar-refractivity contribution in [3.8, 4) is 0 Å². The molecule has 2 rings (SSSR count). The predicted molar refractivity (Wildman–Crippen MR) is 85.9 cm³/mol. The van der Waals surface area contributed by atoms with Crippen LogP contribution in [0.1, 0.15) is 11.1 Å². The molecule has 0 amide bonds. The van der Waals surface area contributed by atoms with Gasteiger partial charge < -0.3 is 0 Å². The standard InChI is InChI=1S/C15H13IS/c16-15-8-6-13(7-9-15)10-11-17-12-14-4-2-1-3-5-14/h1-11H,12H2/b11-10+. The minimum absolute atomic E-state index is 1.03. The second-order valence-electron chi connectivity index (χ2n) is 3.65. The summed E-state index contributed by atoms with van der Waals surface area (Å²) in [5, 5.41) is 2.16. The van der Waals surface area contributed by atoms with Gasteiger partial charge in [0.05, 0.1) is 0 Å². The van der Waals surface area contributed by atoms with Crippen molar-refractivity contribution in [1.82, 2.24) is 0 Å². The number of thioether (sulfide) groups is 1. The van der Waals surface area contributed by atoms with E-state index in [-0.39, 0.29) is 0 Å². The Bertz CT molecular complexity index is 474. The maximum absolute atomic E-state index is 2.32. The number of hydrogen-bond acceptors (Lipinski definition) is 1. The molecule has 0 saturated heterocycles. The lowest BCUT2D eigenvalue weighted by atomic mass is 10.2. The minimum Gasteiger partial charge on any atom is -0.129 e. The minimum atomic E-state index is 1.03. The summed E-state index contributed by atoms with van der Waals surface area (Å²) in [7, 11) is 0. The van der Waals surface area contributed by atoms with Gasteiger partial charge in [0.25, 0.3) is 0 Å². The van der Waals surface area contributed by atoms with Crippen LogP contribution in [0.15, 0.2) is 60.0 Å². The Labute approximate surface area is 120 Å². The van der Waals surface area contributed by atoms with Crippen molar-refractivity contribution in [2.75, 3.05) is 0 Å². The highest BCUT2D eigenvalue weighted by atomic mass is 127. The van der Waals surface area contributed by atoms with Crippen LogP contribution in [0.3, 0.4) is 0 Å². The van der Waals surface area contributed by atoms with Gasteiger partial charge in [-0.1, -0.05) is 42.5 Å². The summed E-state index contributed by atoms with van der Waals surface area (Å²) in [6, 6.07) is 19.1. The summed E-state index contributed by atoms with van der Waals surface area (Å²) in [5.74, 6) is 1.03. The molecule has 0 radical (unpaired) electrons. The molecule has 0 unspecified atom stereocenters. The molecule has 0 fully saturated rings. The average Bonchev–Trinajstić information content (AvgIpc) is 2.38. The maximum Gasteiger partial charge on any atom is 0.0226 e. The molecule has 0 spiro atoms. The maximum atomic E-state index is 2.32. The van der Waals surface area contributed by atoms with Crippen molar-refractivity contribution >= 4 is 40.4 Å². The van der Waals surface area contributed by atoms with Gasteiger partial charge >= 0.3 is 0 Å². The molecule has 17 heavy (non-hydrogen) atoms. The molecular formula is C15H13IS. The zero-order valence-electron chi connectivity index (χ0n) is 9.34. The number of halogens is 1. The van der Waals surface area contributed by atoms with E-state index >= 15 is 0 Å². The summed E-state index contributed by atoms with van der Waals surface area (Å²) in [6.07, 6.45) is 2.16. The second-order valence-corrected chi connectivity index (χ2v) is 5.79. The first kappa shape index (κ1) is 12.7. The third kappa shape index (κ3) is 4.56. The molecule has 2 heteroatoms. The molecule has 0 atom stereocenters. The first-order chi connectivity index (χ1) is 8.34. The molecule has 0 aliphatic carbocycles. The lowest BCUT2D eigenvalue weighted by Gasteiger charge is -1.97. The van der Waals surface area contributed by atoms with Crippen molar-refractivity contribution in [1.29, 1.82) is 0 Å². The van der Waals surface area contributed by atoms with E-state index in [4.69, 9.17) is 0 Å². The van der Waals surface area contributed by atoms with Crippen LogP contribution >= 0.6 is 34.4 Å². The molecule has 0 heterocycles. The van der Waals surface area contributed by atoms with Crippen LogP contribution in [0, 0.1) is 3.57 Å². The molecule has 0 aromatic heterocycles.